The van der Waals surface area contributed by atoms with Crippen molar-refractivity contribution in [1.82, 2.24) is 15.6 Å². The highest BCUT2D eigenvalue weighted by Gasteiger charge is 2.27. The first kappa shape index (κ1) is 11.5. The maximum Gasteiger partial charge on any atom is 0.238 e. The molecule has 1 saturated carbocycles. The van der Waals surface area contributed by atoms with Crippen LogP contribution in [0.1, 0.15) is 29.5 Å². The van der Waals surface area contributed by atoms with Crippen LogP contribution in [0.4, 0.5) is 0 Å². The summed E-state index contributed by atoms with van der Waals surface area (Å²) < 4.78 is 0. The molecule has 1 saturated heterocycles. The summed E-state index contributed by atoms with van der Waals surface area (Å²) in [7, 11) is 0. The Labute approximate surface area is 109 Å². The number of carbonyl (C=O) groups excluding carboxylic acids is 1. The minimum absolute atomic E-state index is 0.0264. The number of nitrogens with zero attached hydrogens (tertiary/aromatic N) is 1. The molecule has 0 bridgehead atoms. The van der Waals surface area contributed by atoms with Gasteiger partial charge in [-0.25, -0.2) is 4.98 Å². The number of hydrogen-bond donors (Lipinski definition) is 2. The lowest BCUT2D eigenvalue weighted by Crippen LogP contribution is -2.41. The lowest BCUT2D eigenvalue weighted by Gasteiger charge is -2.08. The molecule has 3 rings (SSSR count). The molecule has 0 spiro atoms. The van der Waals surface area contributed by atoms with E-state index in [4.69, 9.17) is 0 Å². The van der Waals surface area contributed by atoms with Crippen LogP contribution < -0.4 is 10.6 Å². The van der Waals surface area contributed by atoms with Gasteiger partial charge in [0.05, 0.1) is 23.3 Å². The van der Waals surface area contributed by atoms with Gasteiger partial charge < -0.3 is 5.32 Å². The Morgan fingerprint density at radius 1 is 1.59 bits per heavy atom. The fourth-order valence-electron chi connectivity index (χ4n) is 1.79. The highest BCUT2D eigenvalue weighted by atomic mass is 32.2. The van der Waals surface area contributed by atoms with Gasteiger partial charge in [0.2, 0.25) is 5.91 Å². The average Bonchev–Trinajstić information content (AvgIpc) is 2.88. The first-order valence-electron chi connectivity index (χ1n) is 5.86. The summed E-state index contributed by atoms with van der Waals surface area (Å²) >= 11 is 3.48. The van der Waals surface area contributed by atoms with Gasteiger partial charge in [-0.3, -0.25) is 10.1 Å². The minimum Gasteiger partial charge on any atom is -0.349 e. The molecular formula is C11H15N3OS2. The second kappa shape index (κ2) is 4.96. The fraction of sp³-hybridized carbons (Fsp3) is 0.636. The third-order valence-corrected chi connectivity index (χ3v) is 4.97. The van der Waals surface area contributed by atoms with Crippen molar-refractivity contribution < 1.29 is 4.79 Å². The molecule has 1 aromatic heterocycles. The second-order valence-corrected chi connectivity index (χ2v) is 6.36. The Morgan fingerprint density at radius 3 is 3.18 bits per heavy atom. The van der Waals surface area contributed by atoms with E-state index in [1.807, 2.05) is 0 Å². The maximum atomic E-state index is 11.8. The molecule has 0 aromatic carbocycles. The van der Waals surface area contributed by atoms with Crippen molar-refractivity contribution in [3.8, 4) is 0 Å². The van der Waals surface area contributed by atoms with Crippen LogP contribution in [0.25, 0.3) is 0 Å². The van der Waals surface area contributed by atoms with Gasteiger partial charge in [0.1, 0.15) is 0 Å². The molecule has 6 heteroatoms. The Hall–Kier alpha value is -0.590. The molecule has 1 aliphatic heterocycles. The van der Waals surface area contributed by atoms with Crippen LogP contribution in [0.2, 0.25) is 0 Å². The maximum absolute atomic E-state index is 11.8. The second-order valence-electron chi connectivity index (χ2n) is 4.44. The summed E-state index contributed by atoms with van der Waals surface area (Å²) in [6.45, 7) is 0.560. The van der Waals surface area contributed by atoms with E-state index in [-0.39, 0.29) is 11.9 Å². The van der Waals surface area contributed by atoms with Crippen LogP contribution in [-0.2, 0) is 11.3 Å². The summed E-state index contributed by atoms with van der Waals surface area (Å²) in [6.07, 6.45) is 2.56. The van der Waals surface area contributed by atoms with E-state index in [1.165, 1.54) is 17.8 Å². The van der Waals surface area contributed by atoms with Crippen LogP contribution >= 0.6 is 23.1 Å². The normalized spacial score (nSPS) is 23.9. The molecule has 1 aliphatic carbocycles. The standard InChI is InChI=1S/C11H15N3OS2/c15-10(9-5-16-6-13-9)12-3-8-4-17-11(14-8)7-1-2-7/h4,7,9,13H,1-3,5-6H2,(H,12,15). The van der Waals surface area contributed by atoms with E-state index in [2.05, 4.69) is 21.0 Å². The number of thioether (sulfide) groups is 1. The topological polar surface area (TPSA) is 54.0 Å². The molecule has 1 aromatic rings. The monoisotopic (exact) mass is 269 g/mol. The minimum atomic E-state index is -0.0264. The molecule has 1 unspecified atom stereocenters. The highest BCUT2D eigenvalue weighted by molar-refractivity contribution is 7.99. The van der Waals surface area contributed by atoms with Crippen molar-refractivity contribution >= 4 is 29.0 Å². The highest BCUT2D eigenvalue weighted by Crippen LogP contribution is 2.41. The van der Waals surface area contributed by atoms with Crippen LogP contribution in [0, 0.1) is 0 Å². The average molecular weight is 269 g/mol. The number of hydrogen-bond acceptors (Lipinski definition) is 5. The van der Waals surface area contributed by atoms with Crippen LogP contribution in [0.3, 0.4) is 0 Å². The lowest BCUT2D eigenvalue weighted by atomic mass is 10.3. The number of carbonyl (C=O) groups is 1. The van der Waals surface area contributed by atoms with Gasteiger partial charge in [0.15, 0.2) is 0 Å². The number of thiazole rings is 1. The first-order chi connectivity index (χ1) is 8.33. The van der Waals surface area contributed by atoms with Crippen molar-refractivity contribution in [3.63, 3.8) is 0 Å². The van der Waals surface area contributed by atoms with E-state index in [0.29, 0.717) is 12.5 Å². The smallest absolute Gasteiger partial charge is 0.238 e. The number of aromatic nitrogens is 1. The number of amides is 1. The lowest BCUT2D eigenvalue weighted by molar-refractivity contribution is -0.122. The van der Waals surface area contributed by atoms with Crippen LogP contribution in [-0.4, -0.2) is 28.6 Å². The molecule has 2 aliphatic rings. The Kier molecular flexibility index (Phi) is 3.35. The quantitative estimate of drug-likeness (QED) is 0.865. The molecule has 4 nitrogen and oxygen atoms in total. The molecule has 17 heavy (non-hydrogen) atoms. The van der Waals surface area contributed by atoms with Crippen molar-refractivity contribution in [3.05, 3.63) is 16.1 Å². The Balaban J connectivity index is 1.50. The predicted molar refractivity (Wildman–Crippen MR) is 70.2 cm³/mol. The van der Waals surface area contributed by atoms with Crippen molar-refractivity contribution in [1.29, 1.82) is 0 Å². The number of rotatable bonds is 4. The van der Waals surface area contributed by atoms with Crippen molar-refractivity contribution in [2.75, 3.05) is 11.6 Å². The summed E-state index contributed by atoms with van der Waals surface area (Å²) in [6, 6.07) is -0.0264. The fourth-order valence-corrected chi connectivity index (χ4v) is 3.72. The molecule has 1 amide bonds. The van der Waals surface area contributed by atoms with Gasteiger partial charge >= 0.3 is 0 Å². The van der Waals surface area contributed by atoms with Gasteiger partial charge in [-0.15, -0.1) is 23.1 Å². The van der Waals surface area contributed by atoms with Gasteiger partial charge in [0.25, 0.3) is 0 Å². The van der Waals surface area contributed by atoms with Crippen LogP contribution in [0.15, 0.2) is 5.38 Å². The van der Waals surface area contributed by atoms with Gasteiger partial charge in [-0.1, -0.05) is 0 Å². The third kappa shape index (κ3) is 2.81. The zero-order valence-corrected chi connectivity index (χ0v) is 11.1. The first-order valence-corrected chi connectivity index (χ1v) is 7.89. The van der Waals surface area contributed by atoms with Gasteiger partial charge in [-0.05, 0) is 12.8 Å². The van der Waals surface area contributed by atoms with E-state index >= 15 is 0 Å². The Bertz CT molecular complexity index is 411. The molecule has 0 radical (unpaired) electrons. The van der Waals surface area contributed by atoms with Crippen molar-refractivity contribution in [2.24, 2.45) is 0 Å². The summed E-state index contributed by atoms with van der Waals surface area (Å²) in [5.74, 6) is 2.55. The molecule has 2 heterocycles. The number of nitrogens with one attached hydrogen (secondary N) is 2. The van der Waals surface area contributed by atoms with E-state index < -0.39 is 0 Å². The predicted octanol–water partition coefficient (Wildman–Crippen LogP) is 1.30. The molecule has 92 valence electrons. The van der Waals surface area contributed by atoms with Crippen molar-refractivity contribution in [2.45, 2.75) is 31.3 Å². The largest absolute Gasteiger partial charge is 0.349 e. The SMILES string of the molecule is O=C(NCc1csc(C2CC2)n1)C1CSCN1. The molecule has 2 N–H and O–H groups in total. The molecule has 1 atom stereocenters. The summed E-state index contributed by atoms with van der Waals surface area (Å²) in [4.78, 5) is 16.3. The van der Waals surface area contributed by atoms with Gasteiger partial charge in [0, 0.05) is 22.9 Å². The zero-order chi connectivity index (χ0) is 11.7. The zero-order valence-electron chi connectivity index (χ0n) is 9.44. The summed E-state index contributed by atoms with van der Waals surface area (Å²) in [5.41, 5.74) is 0.996. The summed E-state index contributed by atoms with van der Waals surface area (Å²) in [5, 5.41) is 9.40. The van der Waals surface area contributed by atoms with E-state index in [9.17, 15) is 4.79 Å². The van der Waals surface area contributed by atoms with E-state index in [0.717, 1.165) is 17.3 Å². The van der Waals surface area contributed by atoms with Gasteiger partial charge in [-0.2, -0.15) is 0 Å². The van der Waals surface area contributed by atoms with E-state index in [1.54, 1.807) is 23.1 Å². The molecule has 2 fully saturated rings. The third-order valence-electron chi connectivity index (χ3n) is 2.97. The molecular weight excluding hydrogens is 254 g/mol. The Morgan fingerprint density at radius 2 is 2.47 bits per heavy atom. The van der Waals surface area contributed by atoms with Crippen LogP contribution in [0.5, 0.6) is 0 Å².